The highest BCUT2D eigenvalue weighted by Crippen LogP contribution is 2.26. The predicted octanol–water partition coefficient (Wildman–Crippen LogP) is 5.86. The fourth-order valence-corrected chi connectivity index (χ4v) is 4.70. The quantitative estimate of drug-likeness (QED) is 0.272. The minimum atomic E-state index is 0.0721. The van der Waals surface area contributed by atoms with Crippen molar-refractivity contribution >= 4 is 53.6 Å². The Kier molecular flexibility index (Phi) is 9.91. The van der Waals surface area contributed by atoms with Crippen molar-refractivity contribution in [3.05, 3.63) is 95.6 Å². The van der Waals surface area contributed by atoms with Crippen LogP contribution in [0.3, 0.4) is 0 Å². The van der Waals surface area contributed by atoms with Crippen molar-refractivity contribution in [1.82, 2.24) is 19.8 Å². The van der Waals surface area contributed by atoms with Crippen LogP contribution in [-0.2, 0) is 4.79 Å². The molecular weight excluding hydrogens is 532 g/mol. The molecule has 2 heterocycles. The molecule has 0 atom stereocenters. The second-order valence-electron chi connectivity index (χ2n) is 8.80. The standard InChI is InChI=1S/C28H27ClN6OS.CH2O/c1-34-16-18-35(19-17-34)27(36)21-2-8-23(9-3-21)31-28-30-15-14-26(32-28)20-4-12-25(13-5-20)37-33-24-10-6-22(29)7-11-24;1-2/h2-15,33H,16-19H2,1H3,(H,30,31,32);1H2. The summed E-state index contributed by atoms with van der Waals surface area (Å²) < 4.78 is 3.31. The number of halogens is 1. The van der Waals surface area contributed by atoms with Gasteiger partial charge >= 0.3 is 0 Å². The van der Waals surface area contributed by atoms with Gasteiger partial charge in [-0.2, -0.15) is 0 Å². The number of nitrogens with zero attached hydrogens (tertiary/aromatic N) is 4. The lowest BCUT2D eigenvalue weighted by molar-refractivity contribution is -0.0980. The molecule has 4 aromatic rings. The monoisotopic (exact) mass is 560 g/mol. The molecule has 0 aliphatic carbocycles. The normalized spacial score (nSPS) is 13.2. The average Bonchev–Trinajstić information content (AvgIpc) is 2.99. The number of likely N-dealkylation sites (N-methyl/N-ethyl adjacent to an activating group) is 1. The van der Waals surface area contributed by atoms with Gasteiger partial charge in [-0.05, 0) is 85.7 Å². The number of amides is 1. The van der Waals surface area contributed by atoms with Crippen LogP contribution in [-0.4, -0.2) is 65.7 Å². The summed E-state index contributed by atoms with van der Waals surface area (Å²) in [6.45, 7) is 5.32. The van der Waals surface area contributed by atoms with Crippen LogP contribution in [0, 0.1) is 0 Å². The Bertz CT molecular complexity index is 1360. The molecule has 0 radical (unpaired) electrons. The van der Waals surface area contributed by atoms with Crippen molar-refractivity contribution in [2.45, 2.75) is 4.90 Å². The van der Waals surface area contributed by atoms with Crippen LogP contribution < -0.4 is 10.0 Å². The van der Waals surface area contributed by atoms with E-state index in [-0.39, 0.29) is 5.91 Å². The van der Waals surface area contributed by atoms with Crippen LogP contribution in [0.4, 0.5) is 17.3 Å². The van der Waals surface area contributed by atoms with Crippen LogP contribution in [0.25, 0.3) is 11.3 Å². The molecule has 0 saturated carbocycles. The van der Waals surface area contributed by atoms with Gasteiger partial charge in [-0.3, -0.25) is 4.79 Å². The summed E-state index contributed by atoms with van der Waals surface area (Å²) in [4.78, 5) is 35.0. The second kappa shape index (κ2) is 13.7. The number of nitrogens with one attached hydrogen (secondary N) is 2. The second-order valence-corrected chi connectivity index (χ2v) is 10.1. The summed E-state index contributed by atoms with van der Waals surface area (Å²) in [5.41, 5.74) is 4.32. The summed E-state index contributed by atoms with van der Waals surface area (Å²) in [5, 5.41) is 3.96. The first-order chi connectivity index (χ1) is 19.0. The number of carbonyl (C=O) groups excluding carboxylic acids is 2. The van der Waals surface area contributed by atoms with E-state index in [1.807, 2.05) is 90.6 Å². The molecule has 1 aliphatic heterocycles. The Hall–Kier alpha value is -3.92. The van der Waals surface area contributed by atoms with Gasteiger partial charge in [-0.1, -0.05) is 23.7 Å². The number of rotatable bonds is 7. The number of carbonyl (C=O) groups is 2. The Labute approximate surface area is 237 Å². The molecule has 1 fully saturated rings. The highest BCUT2D eigenvalue weighted by atomic mass is 35.5. The maximum Gasteiger partial charge on any atom is 0.253 e. The molecule has 1 amide bonds. The van der Waals surface area contributed by atoms with Gasteiger partial charge in [0.15, 0.2) is 0 Å². The number of benzene rings is 3. The topological polar surface area (TPSA) is 90.5 Å². The summed E-state index contributed by atoms with van der Waals surface area (Å²) >= 11 is 7.48. The SMILES string of the molecule is C=O.CN1CCN(C(=O)c2ccc(Nc3nccc(-c4ccc(SNc5ccc(Cl)cc5)cc4)n3)cc2)CC1. The minimum Gasteiger partial charge on any atom is -0.336 e. The van der Waals surface area contributed by atoms with Crippen LogP contribution in [0.5, 0.6) is 0 Å². The lowest BCUT2D eigenvalue weighted by Gasteiger charge is -2.32. The van der Waals surface area contributed by atoms with Crippen LogP contribution >= 0.6 is 23.5 Å². The third-order valence-electron chi connectivity index (χ3n) is 6.12. The van der Waals surface area contributed by atoms with E-state index in [0.717, 1.165) is 53.7 Å². The number of aromatic nitrogens is 2. The van der Waals surface area contributed by atoms with Crippen molar-refractivity contribution in [3.63, 3.8) is 0 Å². The van der Waals surface area contributed by atoms with E-state index in [4.69, 9.17) is 16.4 Å². The molecule has 1 aromatic heterocycles. The van der Waals surface area contributed by atoms with E-state index < -0.39 is 0 Å². The fraction of sp³-hybridized carbons (Fsp3) is 0.172. The van der Waals surface area contributed by atoms with Gasteiger partial charge in [0.2, 0.25) is 5.95 Å². The Morgan fingerprint density at radius 2 is 1.51 bits per heavy atom. The van der Waals surface area contributed by atoms with Crippen molar-refractivity contribution < 1.29 is 9.59 Å². The molecule has 0 spiro atoms. The van der Waals surface area contributed by atoms with E-state index in [2.05, 4.69) is 32.0 Å². The van der Waals surface area contributed by atoms with Gasteiger partial charge in [0.05, 0.1) is 5.69 Å². The molecule has 2 N–H and O–H groups in total. The lowest BCUT2D eigenvalue weighted by Crippen LogP contribution is -2.47. The van der Waals surface area contributed by atoms with Gasteiger partial charge < -0.3 is 24.6 Å². The van der Waals surface area contributed by atoms with Crippen molar-refractivity contribution in [3.8, 4) is 11.3 Å². The van der Waals surface area contributed by atoms with Crippen LogP contribution in [0.15, 0.2) is 90.0 Å². The van der Waals surface area contributed by atoms with Crippen LogP contribution in [0.2, 0.25) is 5.02 Å². The molecule has 200 valence electrons. The van der Waals surface area contributed by atoms with E-state index in [1.165, 1.54) is 11.9 Å². The number of hydrogen-bond donors (Lipinski definition) is 2. The minimum absolute atomic E-state index is 0.0721. The summed E-state index contributed by atoms with van der Waals surface area (Å²) in [6, 6.07) is 25.1. The maximum absolute atomic E-state index is 12.8. The summed E-state index contributed by atoms with van der Waals surface area (Å²) in [6.07, 6.45) is 1.74. The third-order valence-corrected chi connectivity index (χ3v) is 7.21. The molecule has 0 bridgehead atoms. The fourth-order valence-electron chi connectivity index (χ4n) is 3.93. The molecule has 0 unspecified atom stereocenters. The largest absolute Gasteiger partial charge is 0.336 e. The van der Waals surface area contributed by atoms with Gasteiger partial charge in [0.25, 0.3) is 5.91 Å². The van der Waals surface area contributed by atoms with Gasteiger partial charge in [0, 0.05) is 64.8 Å². The zero-order valence-electron chi connectivity index (χ0n) is 21.5. The Balaban J connectivity index is 0.00000172. The average molecular weight is 561 g/mol. The van der Waals surface area contributed by atoms with Gasteiger partial charge in [-0.15, -0.1) is 0 Å². The Morgan fingerprint density at radius 3 is 2.18 bits per heavy atom. The van der Waals surface area contributed by atoms with Gasteiger partial charge in [0.1, 0.15) is 6.79 Å². The van der Waals surface area contributed by atoms with Crippen molar-refractivity contribution in [2.24, 2.45) is 0 Å². The first kappa shape index (κ1) is 28.1. The van der Waals surface area contributed by atoms with E-state index >= 15 is 0 Å². The van der Waals surface area contributed by atoms with E-state index in [1.54, 1.807) is 6.20 Å². The molecule has 3 aromatic carbocycles. The lowest BCUT2D eigenvalue weighted by atomic mass is 10.1. The highest BCUT2D eigenvalue weighted by Gasteiger charge is 2.20. The summed E-state index contributed by atoms with van der Waals surface area (Å²) in [7, 11) is 2.08. The van der Waals surface area contributed by atoms with E-state index in [9.17, 15) is 4.79 Å². The maximum atomic E-state index is 12.8. The number of piperazine rings is 1. The molecule has 10 heteroatoms. The number of hydrogen-bond acceptors (Lipinski definition) is 8. The summed E-state index contributed by atoms with van der Waals surface area (Å²) in [5.74, 6) is 0.571. The molecule has 5 rings (SSSR count). The molecule has 39 heavy (non-hydrogen) atoms. The molecular formula is C29H29ClN6O2S. The van der Waals surface area contributed by atoms with Gasteiger partial charge in [-0.25, -0.2) is 9.97 Å². The first-order valence-corrected chi connectivity index (χ1v) is 13.5. The smallest absolute Gasteiger partial charge is 0.253 e. The highest BCUT2D eigenvalue weighted by molar-refractivity contribution is 8.00. The third kappa shape index (κ3) is 7.79. The molecule has 1 aliphatic rings. The molecule has 1 saturated heterocycles. The van der Waals surface area contributed by atoms with Crippen LogP contribution in [0.1, 0.15) is 10.4 Å². The zero-order valence-corrected chi connectivity index (χ0v) is 23.1. The van der Waals surface area contributed by atoms with Crippen molar-refractivity contribution in [1.29, 1.82) is 0 Å². The van der Waals surface area contributed by atoms with E-state index in [0.29, 0.717) is 16.5 Å². The Morgan fingerprint density at radius 1 is 0.872 bits per heavy atom. The zero-order chi connectivity index (χ0) is 27.6. The molecule has 8 nitrogen and oxygen atoms in total. The number of anilines is 3. The first-order valence-electron chi connectivity index (χ1n) is 12.3. The predicted molar refractivity (Wildman–Crippen MR) is 159 cm³/mol. The van der Waals surface area contributed by atoms with Crippen molar-refractivity contribution in [2.75, 3.05) is 43.3 Å².